The summed E-state index contributed by atoms with van der Waals surface area (Å²) in [4.78, 5) is 16.6. The Bertz CT molecular complexity index is 1140. The van der Waals surface area contributed by atoms with Crippen LogP contribution in [0.3, 0.4) is 0 Å². The lowest BCUT2D eigenvalue weighted by Gasteiger charge is -2.14. The highest BCUT2D eigenvalue weighted by Gasteiger charge is 2.30. The maximum Gasteiger partial charge on any atom is 0.416 e. The summed E-state index contributed by atoms with van der Waals surface area (Å²) >= 11 is 1.54. The summed E-state index contributed by atoms with van der Waals surface area (Å²) in [5, 5.41) is 9.52. The van der Waals surface area contributed by atoms with Gasteiger partial charge in [-0.05, 0) is 60.9 Å². The lowest BCUT2D eigenvalue weighted by Crippen LogP contribution is -2.10. The number of alkyl halides is 3. The largest absolute Gasteiger partial charge is 0.482 e. The number of carboxylic acids is 1. The number of hydrogen-bond acceptors (Lipinski definition) is 4. The Balaban J connectivity index is 1.74. The van der Waals surface area contributed by atoms with E-state index in [0.717, 1.165) is 51.7 Å². The number of ether oxygens (including phenoxy) is 1. The zero-order valence-corrected chi connectivity index (χ0v) is 20.4. The van der Waals surface area contributed by atoms with Crippen molar-refractivity contribution in [2.24, 2.45) is 5.92 Å². The molecule has 0 aliphatic heterocycles. The van der Waals surface area contributed by atoms with Gasteiger partial charge in [0.1, 0.15) is 10.8 Å². The molecule has 0 fully saturated rings. The first-order valence-corrected chi connectivity index (χ1v) is 11.9. The summed E-state index contributed by atoms with van der Waals surface area (Å²) in [7, 11) is 0. The minimum absolute atomic E-state index is 0.203. The fourth-order valence-electron chi connectivity index (χ4n) is 3.82. The number of hydrogen-bond donors (Lipinski definition) is 1. The molecular weight excluding hydrogens is 463 g/mol. The van der Waals surface area contributed by atoms with E-state index in [1.54, 1.807) is 17.4 Å². The molecule has 0 amide bonds. The Morgan fingerprint density at radius 1 is 1.09 bits per heavy atom. The Morgan fingerprint density at radius 2 is 1.76 bits per heavy atom. The zero-order valence-electron chi connectivity index (χ0n) is 19.6. The van der Waals surface area contributed by atoms with E-state index in [1.165, 1.54) is 12.1 Å². The van der Waals surface area contributed by atoms with E-state index in [9.17, 15) is 18.0 Å². The van der Waals surface area contributed by atoms with Gasteiger partial charge in [-0.15, -0.1) is 11.3 Å². The monoisotopic (exact) mass is 491 g/mol. The predicted octanol–water partition coefficient (Wildman–Crippen LogP) is 7.15. The van der Waals surface area contributed by atoms with Crippen molar-refractivity contribution < 1.29 is 27.8 Å². The third-order valence-electron chi connectivity index (χ3n) is 5.44. The van der Waals surface area contributed by atoms with Crippen molar-refractivity contribution in [3.8, 4) is 16.3 Å². The van der Waals surface area contributed by atoms with E-state index >= 15 is 0 Å². The van der Waals surface area contributed by atoms with Gasteiger partial charge in [0.15, 0.2) is 6.61 Å². The Kier molecular flexibility index (Phi) is 8.02. The summed E-state index contributed by atoms with van der Waals surface area (Å²) in [6.07, 6.45) is -2.72. The van der Waals surface area contributed by atoms with Crippen molar-refractivity contribution >= 4 is 17.3 Å². The zero-order chi connectivity index (χ0) is 25.0. The molecule has 0 saturated heterocycles. The van der Waals surface area contributed by atoms with Crippen LogP contribution in [-0.4, -0.2) is 22.7 Å². The van der Waals surface area contributed by atoms with Gasteiger partial charge in [0.25, 0.3) is 0 Å². The van der Waals surface area contributed by atoms with Crippen LogP contribution in [0.15, 0.2) is 42.5 Å². The number of rotatable bonds is 9. The van der Waals surface area contributed by atoms with E-state index in [2.05, 4.69) is 20.8 Å². The molecule has 0 aliphatic carbocycles. The molecule has 4 nitrogen and oxygen atoms in total. The molecule has 1 heterocycles. The molecule has 1 atom stereocenters. The van der Waals surface area contributed by atoms with Gasteiger partial charge in [-0.3, -0.25) is 0 Å². The summed E-state index contributed by atoms with van der Waals surface area (Å²) in [6.45, 7) is 7.81. The van der Waals surface area contributed by atoms with E-state index in [0.29, 0.717) is 17.2 Å². The first-order valence-electron chi connectivity index (χ1n) is 11.1. The number of thiazole rings is 1. The lowest BCUT2D eigenvalue weighted by atomic mass is 9.94. The molecule has 0 radical (unpaired) electrons. The summed E-state index contributed by atoms with van der Waals surface area (Å²) in [5.74, 6) is 0.0565. The second-order valence-electron chi connectivity index (χ2n) is 8.85. The smallest absolute Gasteiger partial charge is 0.416 e. The van der Waals surface area contributed by atoms with Crippen molar-refractivity contribution in [1.29, 1.82) is 0 Å². The summed E-state index contributed by atoms with van der Waals surface area (Å²) < 4.78 is 44.0. The van der Waals surface area contributed by atoms with Gasteiger partial charge < -0.3 is 9.84 Å². The third kappa shape index (κ3) is 6.59. The maximum absolute atomic E-state index is 12.9. The van der Waals surface area contributed by atoms with E-state index in [-0.39, 0.29) is 12.5 Å². The van der Waals surface area contributed by atoms with Crippen LogP contribution in [0.25, 0.3) is 10.6 Å². The minimum atomic E-state index is -4.36. The number of nitrogens with zero attached hydrogens (tertiary/aromatic N) is 1. The molecule has 1 aromatic heterocycles. The molecule has 1 N–H and O–H groups in total. The van der Waals surface area contributed by atoms with Crippen molar-refractivity contribution in [1.82, 2.24) is 4.98 Å². The first-order chi connectivity index (χ1) is 15.9. The number of carbonyl (C=O) groups is 1. The van der Waals surface area contributed by atoms with Gasteiger partial charge in [0, 0.05) is 10.4 Å². The van der Waals surface area contributed by atoms with E-state index in [4.69, 9.17) is 14.8 Å². The van der Waals surface area contributed by atoms with Gasteiger partial charge in [0.2, 0.25) is 0 Å². The first kappa shape index (κ1) is 25.7. The average Bonchev–Trinajstić information content (AvgIpc) is 3.16. The number of aliphatic carboxylic acids is 1. The number of benzene rings is 2. The topological polar surface area (TPSA) is 59.4 Å². The molecule has 2 aromatic carbocycles. The van der Waals surface area contributed by atoms with Crippen LogP contribution in [0.4, 0.5) is 13.2 Å². The quantitative estimate of drug-likeness (QED) is 0.345. The number of aromatic nitrogens is 1. The molecule has 182 valence electrons. The average molecular weight is 492 g/mol. The fraction of sp³-hybridized carbons (Fsp3) is 0.385. The van der Waals surface area contributed by atoms with Crippen molar-refractivity contribution in [3.63, 3.8) is 0 Å². The molecule has 0 aliphatic rings. The van der Waals surface area contributed by atoms with Gasteiger partial charge in [-0.25, -0.2) is 9.78 Å². The highest BCUT2D eigenvalue weighted by Crippen LogP contribution is 2.36. The van der Waals surface area contributed by atoms with Crippen LogP contribution in [0.1, 0.15) is 54.0 Å². The molecule has 0 bridgehead atoms. The van der Waals surface area contributed by atoms with Crippen LogP contribution >= 0.6 is 11.3 Å². The van der Waals surface area contributed by atoms with Crippen LogP contribution < -0.4 is 4.74 Å². The Morgan fingerprint density at radius 3 is 2.32 bits per heavy atom. The van der Waals surface area contributed by atoms with Gasteiger partial charge in [-0.2, -0.15) is 13.2 Å². The van der Waals surface area contributed by atoms with Crippen LogP contribution in [-0.2, 0) is 23.8 Å². The normalized spacial score (nSPS) is 12.7. The number of carboxylic acid groups (broad SMARTS) is 1. The van der Waals surface area contributed by atoms with Crippen molar-refractivity contribution in [2.75, 3.05) is 6.61 Å². The standard InChI is InChI=1S/C26H28F3NO3S/c1-15(2)24-22(34-25(30-24)19-6-8-20(9-7-19)26(27,28)29)12-16(3)11-18-5-10-21(17(4)13-18)33-14-23(31)32/h5-10,13,15-16H,11-12,14H2,1-4H3,(H,31,32). The van der Waals surface area contributed by atoms with Gasteiger partial charge in [-0.1, -0.05) is 45.0 Å². The van der Waals surface area contributed by atoms with E-state index < -0.39 is 17.7 Å². The van der Waals surface area contributed by atoms with Crippen LogP contribution in [0.5, 0.6) is 5.75 Å². The van der Waals surface area contributed by atoms with Crippen molar-refractivity contribution in [3.05, 3.63) is 69.7 Å². The molecule has 3 rings (SSSR count). The third-order valence-corrected chi connectivity index (χ3v) is 6.58. The fourth-order valence-corrected chi connectivity index (χ4v) is 5.20. The molecule has 1 unspecified atom stereocenters. The molecule has 34 heavy (non-hydrogen) atoms. The van der Waals surface area contributed by atoms with Crippen LogP contribution in [0.2, 0.25) is 0 Å². The highest BCUT2D eigenvalue weighted by atomic mass is 32.1. The van der Waals surface area contributed by atoms with Crippen molar-refractivity contribution in [2.45, 2.75) is 52.6 Å². The second kappa shape index (κ2) is 10.6. The summed E-state index contributed by atoms with van der Waals surface area (Å²) in [6, 6.07) is 10.9. The number of aryl methyl sites for hydroxylation is 1. The van der Waals surface area contributed by atoms with E-state index in [1.807, 2.05) is 19.1 Å². The van der Waals surface area contributed by atoms with Crippen LogP contribution in [0, 0.1) is 12.8 Å². The lowest BCUT2D eigenvalue weighted by molar-refractivity contribution is -0.139. The SMILES string of the molecule is Cc1cc(CC(C)Cc2sc(-c3ccc(C(F)(F)F)cc3)nc2C(C)C)ccc1OCC(=O)O. The maximum atomic E-state index is 12.9. The summed E-state index contributed by atoms with van der Waals surface area (Å²) in [5.41, 5.74) is 3.02. The molecule has 8 heteroatoms. The molecule has 3 aromatic rings. The highest BCUT2D eigenvalue weighted by molar-refractivity contribution is 7.15. The molecule has 0 saturated carbocycles. The number of halogens is 3. The predicted molar refractivity (Wildman–Crippen MR) is 128 cm³/mol. The second-order valence-corrected chi connectivity index (χ2v) is 9.94. The molecule has 0 spiro atoms. The van der Waals surface area contributed by atoms with Gasteiger partial charge >= 0.3 is 12.1 Å². The molecular formula is C26H28F3NO3S. The minimum Gasteiger partial charge on any atom is -0.482 e. The Hall–Kier alpha value is -2.87. The Labute approximate surface area is 201 Å². The van der Waals surface area contributed by atoms with Gasteiger partial charge in [0.05, 0.1) is 11.3 Å².